The van der Waals surface area contributed by atoms with E-state index in [1.807, 2.05) is 55.4 Å². The average molecular weight is 315 g/mol. The minimum Gasteiger partial charge on any atom is -0.505 e. The van der Waals surface area contributed by atoms with E-state index in [0.29, 0.717) is 12.2 Å². The second-order valence-electron chi connectivity index (χ2n) is 4.63. The lowest BCUT2D eigenvalue weighted by Gasteiger charge is -2.17. The Balaban J connectivity index is 0.00000180. The fraction of sp³-hybridized carbons (Fsp3) is 0.200. The van der Waals surface area contributed by atoms with Crippen LogP contribution in [-0.2, 0) is 6.54 Å². The van der Waals surface area contributed by atoms with Gasteiger partial charge in [0.1, 0.15) is 5.75 Å². The first-order valence-electron chi connectivity index (χ1n) is 5.90. The molecule has 3 nitrogen and oxygen atoms in total. The molecule has 0 saturated carbocycles. The summed E-state index contributed by atoms with van der Waals surface area (Å²) in [4.78, 5) is 2.01. The van der Waals surface area contributed by atoms with Gasteiger partial charge in [-0.1, -0.05) is 36.4 Å². The number of hydrogen-bond acceptors (Lipinski definition) is 3. The number of phenolic OH excluding ortho intramolecular Hbond substituents is 1. The molecule has 20 heavy (non-hydrogen) atoms. The molecule has 0 aliphatic rings. The maximum absolute atomic E-state index is 10.1. The van der Waals surface area contributed by atoms with Gasteiger partial charge in [-0.2, -0.15) is 0 Å². The summed E-state index contributed by atoms with van der Waals surface area (Å²) in [6.45, 7) is 0.654. The van der Waals surface area contributed by atoms with Gasteiger partial charge in [0.05, 0.1) is 5.69 Å². The number of phenols is 1. The zero-order valence-electron chi connectivity index (χ0n) is 11.5. The number of nitrogens with two attached hydrogens (primary N) is 1. The van der Waals surface area contributed by atoms with Crippen molar-refractivity contribution >= 4 is 30.5 Å². The third-order valence-corrected chi connectivity index (χ3v) is 2.87. The third kappa shape index (κ3) is 4.04. The molecule has 2 aromatic carbocycles. The average Bonchev–Trinajstić information content (AvgIpc) is 2.36. The highest BCUT2D eigenvalue weighted by atomic mass is 35.5. The van der Waals surface area contributed by atoms with Gasteiger partial charge in [-0.15, -0.1) is 24.8 Å². The molecule has 0 atom stereocenters. The topological polar surface area (TPSA) is 49.5 Å². The van der Waals surface area contributed by atoms with Crippen LogP contribution in [0.1, 0.15) is 5.56 Å². The highest BCUT2D eigenvalue weighted by Gasteiger charge is 2.13. The second-order valence-corrected chi connectivity index (χ2v) is 4.63. The number of benzene rings is 2. The van der Waals surface area contributed by atoms with E-state index in [9.17, 15) is 5.11 Å². The van der Waals surface area contributed by atoms with Crippen molar-refractivity contribution in [3.63, 3.8) is 0 Å². The fourth-order valence-corrected chi connectivity index (χ4v) is 2.02. The van der Waals surface area contributed by atoms with Gasteiger partial charge in [0.25, 0.3) is 0 Å². The molecule has 3 N–H and O–H groups in total. The Morgan fingerprint density at radius 3 is 2.15 bits per heavy atom. The molecule has 2 rings (SSSR count). The van der Waals surface area contributed by atoms with Crippen LogP contribution in [0.15, 0.2) is 42.5 Å². The van der Waals surface area contributed by atoms with Crippen LogP contribution in [-0.4, -0.2) is 24.1 Å². The molecule has 0 heterocycles. The van der Waals surface area contributed by atoms with Crippen LogP contribution in [0.25, 0.3) is 11.1 Å². The number of hydrogen-bond donors (Lipinski definition) is 2. The van der Waals surface area contributed by atoms with Crippen LogP contribution in [0.2, 0.25) is 0 Å². The molecule has 0 bridgehead atoms. The number of halogens is 2. The van der Waals surface area contributed by atoms with Gasteiger partial charge in [0.2, 0.25) is 0 Å². The molecule has 0 spiro atoms. The van der Waals surface area contributed by atoms with Crippen LogP contribution < -0.4 is 5.73 Å². The molecule has 5 heteroatoms. The Labute approximate surface area is 132 Å². The normalized spacial score (nSPS) is 9.75. The number of anilines is 1. The first kappa shape index (κ1) is 18.6. The molecular formula is C15H20Cl2N2O. The van der Waals surface area contributed by atoms with Gasteiger partial charge >= 0.3 is 0 Å². The van der Waals surface area contributed by atoms with Crippen molar-refractivity contribution in [1.82, 2.24) is 4.90 Å². The predicted molar refractivity (Wildman–Crippen MR) is 89.8 cm³/mol. The van der Waals surface area contributed by atoms with Gasteiger partial charge in [0, 0.05) is 12.1 Å². The number of rotatable bonds is 3. The molecule has 0 unspecified atom stereocenters. The summed E-state index contributed by atoms with van der Waals surface area (Å²) in [5, 5.41) is 10.1. The van der Waals surface area contributed by atoms with Gasteiger partial charge in [-0.05, 0) is 31.3 Å². The molecular weight excluding hydrogens is 295 g/mol. The lowest BCUT2D eigenvalue weighted by atomic mass is 9.98. The van der Waals surface area contributed by atoms with E-state index in [0.717, 1.165) is 16.7 Å². The Morgan fingerprint density at radius 1 is 1.00 bits per heavy atom. The van der Waals surface area contributed by atoms with Crippen LogP contribution >= 0.6 is 24.8 Å². The maximum atomic E-state index is 10.1. The van der Waals surface area contributed by atoms with Crippen molar-refractivity contribution in [1.29, 1.82) is 0 Å². The maximum Gasteiger partial charge on any atom is 0.143 e. The largest absolute Gasteiger partial charge is 0.505 e. The van der Waals surface area contributed by atoms with Crippen molar-refractivity contribution < 1.29 is 5.11 Å². The molecule has 0 aliphatic heterocycles. The summed E-state index contributed by atoms with van der Waals surface area (Å²) in [6.07, 6.45) is 0. The van der Waals surface area contributed by atoms with Crippen molar-refractivity contribution in [2.75, 3.05) is 19.8 Å². The molecule has 0 amide bonds. The summed E-state index contributed by atoms with van der Waals surface area (Å²) in [6, 6.07) is 13.7. The highest BCUT2D eigenvalue weighted by Crippen LogP contribution is 2.34. The van der Waals surface area contributed by atoms with E-state index in [-0.39, 0.29) is 30.6 Å². The Morgan fingerprint density at radius 2 is 1.60 bits per heavy atom. The third-order valence-electron chi connectivity index (χ3n) is 2.87. The summed E-state index contributed by atoms with van der Waals surface area (Å²) < 4.78 is 0. The first-order chi connectivity index (χ1) is 8.59. The van der Waals surface area contributed by atoms with Gasteiger partial charge in [0.15, 0.2) is 0 Å². The van der Waals surface area contributed by atoms with E-state index < -0.39 is 0 Å². The Bertz CT molecular complexity index is 545. The number of aromatic hydroxyl groups is 1. The van der Waals surface area contributed by atoms with Gasteiger partial charge < -0.3 is 15.7 Å². The molecule has 0 radical (unpaired) electrons. The van der Waals surface area contributed by atoms with Crippen molar-refractivity contribution in [3.8, 4) is 16.9 Å². The van der Waals surface area contributed by atoms with Crippen LogP contribution in [0.5, 0.6) is 5.75 Å². The fourth-order valence-electron chi connectivity index (χ4n) is 2.02. The zero-order chi connectivity index (χ0) is 13.1. The van der Waals surface area contributed by atoms with E-state index >= 15 is 0 Å². The van der Waals surface area contributed by atoms with E-state index in [1.165, 1.54) is 0 Å². The van der Waals surface area contributed by atoms with Crippen LogP contribution in [0.4, 0.5) is 5.69 Å². The molecule has 0 fully saturated rings. The molecule has 0 aliphatic carbocycles. The van der Waals surface area contributed by atoms with Crippen LogP contribution in [0.3, 0.4) is 0 Å². The highest BCUT2D eigenvalue weighted by molar-refractivity contribution is 5.85. The predicted octanol–water partition coefficient (Wildman–Crippen LogP) is 3.55. The summed E-state index contributed by atoms with van der Waals surface area (Å²) in [7, 11) is 3.94. The zero-order valence-corrected chi connectivity index (χ0v) is 13.2. The smallest absolute Gasteiger partial charge is 0.143 e. The van der Waals surface area contributed by atoms with Crippen molar-refractivity contribution in [3.05, 3.63) is 48.0 Å². The summed E-state index contributed by atoms with van der Waals surface area (Å²) >= 11 is 0. The van der Waals surface area contributed by atoms with Crippen molar-refractivity contribution in [2.24, 2.45) is 0 Å². The minimum absolute atomic E-state index is 0. The lowest BCUT2D eigenvalue weighted by molar-refractivity contribution is 0.387. The lowest BCUT2D eigenvalue weighted by Crippen LogP contribution is -2.12. The van der Waals surface area contributed by atoms with E-state index in [2.05, 4.69) is 0 Å². The summed E-state index contributed by atoms with van der Waals surface area (Å²) in [5.41, 5.74) is 9.18. The second kappa shape index (κ2) is 8.00. The van der Waals surface area contributed by atoms with Crippen molar-refractivity contribution in [2.45, 2.75) is 6.54 Å². The monoisotopic (exact) mass is 314 g/mol. The minimum atomic E-state index is 0. The molecule has 110 valence electrons. The number of nitrogens with zero attached hydrogens (tertiary/aromatic N) is 1. The quantitative estimate of drug-likeness (QED) is 0.673. The first-order valence-corrected chi connectivity index (χ1v) is 5.90. The van der Waals surface area contributed by atoms with E-state index in [4.69, 9.17) is 5.73 Å². The molecule has 2 aromatic rings. The van der Waals surface area contributed by atoms with Gasteiger partial charge in [-0.3, -0.25) is 0 Å². The number of nitrogen functional groups attached to an aromatic ring is 1. The van der Waals surface area contributed by atoms with Crippen LogP contribution in [0, 0.1) is 0 Å². The Hall–Kier alpha value is -1.42. The SMILES string of the molecule is CN(C)Cc1c(-c2ccccc2)ccc(N)c1O.Cl.Cl. The van der Waals surface area contributed by atoms with Gasteiger partial charge in [-0.25, -0.2) is 0 Å². The summed E-state index contributed by atoms with van der Waals surface area (Å²) in [5.74, 6) is 0.185. The van der Waals surface area contributed by atoms with E-state index in [1.54, 1.807) is 6.07 Å². The standard InChI is InChI=1S/C15H18N2O.2ClH/c1-17(2)10-13-12(8-9-14(16)15(13)18)11-6-4-3-5-7-11;;/h3-9,18H,10,16H2,1-2H3;2*1H. The molecule has 0 aromatic heterocycles. The Kier molecular flexibility index (Phi) is 7.43. The molecule has 0 saturated heterocycles.